The maximum absolute atomic E-state index is 3.59. The molecule has 0 radical (unpaired) electrons. The first-order valence-electron chi connectivity index (χ1n) is 5.50. The summed E-state index contributed by atoms with van der Waals surface area (Å²) in [6.45, 7) is 2.12. The Morgan fingerprint density at radius 1 is 1.27 bits per heavy atom. The molecule has 1 heterocycles. The van der Waals surface area contributed by atoms with Crippen LogP contribution in [0.2, 0.25) is 0 Å². The molecule has 3 heteroatoms. The van der Waals surface area contributed by atoms with Crippen LogP contribution in [0.15, 0.2) is 24.3 Å². The minimum Gasteiger partial charge on any atom is -0.383 e. The summed E-state index contributed by atoms with van der Waals surface area (Å²) in [6, 6.07) is 8.94. The van der Waals surface area contributed by atoms with E-state index < -0.39 is 0 Å². The number of likely N-dealkylation sites (N-methyl/N-ethyl adjacent to an activating group) is 1. The van der Waals surface area contributed by atoms with Crippen molar-refractivity contribution in [3.05, 3.63) is 24.3 Å². The van der Waals surface area contributed by atoms with Crippen molar-refractivity contribution in [1.29, 1.82) is 0 Å². The van der Waals surface area contributed by atoms with E-state index in [4.69, 9.17) is 0 Å². The molecule has 1 atom stereocenters. The van der Waals surface area contributed by atoms with Crippen LogP contribution in [0.25, 0.3) is 0 Å². The number of nitrogens with zero attached hydrogens (tertiary/aromatic N) is 1. The number of rotatable bonds is 2. The van der Waals surface area contributed by atoms with Crippen LogP contribution in [-0.4, -0.2) is 38.1 Å². The fraction of sp³-hybridized carbons (Fsp3) is 0.500. The highest BCUT2D eigenvalue weighted by Gasteiger charge is 2.14. The minimum atomic E-state index is 0.538. The third-order valence-corrected chi connectivity index (χ3v) is 2.68. The molecule has 0 saturated carbocycles. The predicted octanol–water partition coefficient (Wildman–Crippen LogP) is 1.84. The quantitative estimate of drug-likeness (QED) is 0.771. The van der Waals surface area contributed by atoms with E-state index in [2.05, 4.69) is 53.9 Å². The topological polar surface area (TPSA) is 27.3 Å². The van der Waals surface area contributed by atoms with Gasteiger partial charge in [-0.1, -0.05) is 12.1 Å². The average molecular weight is 205 g/mol. The molecule has 0 bridgehead atoms. The molecule has 1 aliphatic heterocycles. The molecule has 82 valence electrons. The lowest BCUT2D eigenvalue weighted by Crippen LogP contribution is -2.32. The molecule has 0 amide bonds. The van der Waals surface area contributed by atoms with Crippen LogP contribution >= 0.6 is 0 Å². The van der Waals surface area contributed by atoms with Crippen LogP contribution in [0.4, 0.5) is 11.4 Å². The number of para-hydroxylation sites is 2. The maximum atomic E-state index is 3.59. The molecule has 1 aromatic rings. The normalized spacial score (nSPS) is 20.1. The van der Waals surface area contributed by atoms with Crippen molar-refractivity contribution in [2.45, 2.75) is 12.5 Å². The Morgan fingerprint density at radius 3 is 2.73 bits per heavy atom. The molecule has 1 unspecified atom stereocenters. The Labute approximate surface area is 91.5 Å². The summed E-state index contributed by atoms with van der Waals surface area (Å²) in [4.78, 5) is 2.23. The van der Waals surface area contributed by atoms with Crippen LogP contribution < -0.4 is 10.6 Å². The van der Waals surface area contributed by atoms with Crippen molar-refractivity contribution in [2.75, 3.05) is 37.8 Å². The SMILES string of the molecule is CN(C)CC1CCNc2ccccc2N1. The third-order valence-electron chi connectivity index (χ3n) is 2.68. The molecule has 1 aliphatic rings. The van der Waals surface area contributed by atoms with Crippen molar-refractivity contribution in [1.82, 2.24) is 4.90 Å². The molecule has 3 nitrogen and oxygen atoms in total. The number of anilines is 2. The lowest BCUT2D eigenvalue weighted by molar-refractivity contribution is 0.378. The van der Waals surface area contributed by atoms with Gasteiger partial charge in [0.15, 0.2) is 0 Å². The van der Waals surface area contributed by atoms with Crippen LogP contribution in [0, 0.1) is 0 Å². The molecule has 0 fully saturated rings. The highest BCUT2D eigenvalue weighted by molar-refractivity contribution is 5.69. The van der Waals surface area contributed by atoms with Gasteiger partial charge in [-0.05, 0) is 32.6 Å². The zero-order valence-electron chi connectivity index (χ0n) is 9.46. The van der Waals surface area contributed by atoms with E-state index in [1.165, 1.54) is 11.4 Å². The van der Waals surface area contributed by atoms with Crippen molar-refractivity contribution >= 4 is 11.4 Å². The van der Waals surface area contributed by atoms with E-state index >= 15 is 0 Å². The first kappa shape index (κ1) is 10.3. The van der Waals surface area contributed by atoms with Crippen LogP contribution in [0.1, 0.15) is 6.42 Å². The second-order valence-corrected chi connectivity index (χ2v) is 4.36. The molecule has 0 aliphatic carbocycles. The fourth-order valence-corrected chi connectivity index (χ4v) is 2.01. The summed E-state index contributed by atoms with van der Waals surface area (Å²) in [7, 11) is 4.23. The van der Waals surface area contributed by atoms with Gasteiger partial charge in [0.2, 0.25) is 0 Å². The van der Waals surface area contributed by atoms with E-state index in [0.717, 1.165) is 19.5 Å². The van der Waals surface area contributed by atoms with Gasteiger partial charge in [0.05, 0.1) is 11.4 Å². The van der Waals surface area contributed by atoms with Gasteiger partial charge < -0.3 is 15.5 Å². The smallest absolute Gasteiger partial charge is 0.0578 e. The molecule has 15 heavy (non-hydrogen) atoms. The standard InChI is InChI=1S/C12H19N3/c1-15(2)9-10-7-8-13-11-5-3-4-6-12(11)14-10/h3-6,10,13-14H,7-9H2,1-2H3. The molecule has 0 spiro atoms. The number of benzene rings is 1. The molecule has 2 N–H and O–H groups in total. The number of nitrogens with one attached hydrogen (secondary N) is 2. The van der Waals surface area contributed by atoms with Crippen LogP contribution in [0.5, 0.6) is 0 Å². The average Bonchev–Trinajstić information content (AvgIpc) is 2.38. The zero-order valence-corrected chi connectivity index (χ0v) is 9.46. The zero-order chi connectivity index (χ0) is 10.7. The Kier molecular flexibility index (Phi) is 3.11. The summed E-state index contributed by atoms with van der Waals surface area (Å²) in [5.74, 6) is 0. The molecule has 2 rings (SSSR count). The van der Waals surface area contributed by atoms with E-state index in [0.29, 0.717) is 6.04 Å². The third kappa shape index (κ3) is 2.63. The van der Waals surface area contributed by atoms with Gasteiger partial charge in [0.25, 0.3) is 0 Å². The van der Waals surface area contributed by atoms with Crippen molar-refractivity contribution in [3.8, 4) is 0 Å². The summed E-state index contributed by atoms with van der Waals surface area (Å²) in [5, 5.41) is 7.03. The number of hydrogen-bond acceptors (Lipinski definition) is 3. The Hall–Kier alpha value is -1.22. The van der Waals surface area contributed by atoms with Gasteiger partial charge in [0.1, 0.15) is 0 Å². The largest absolute Gasteiger partial charge is 0.383 e. The second kappa shape index (κ2) is 4.53. The van der Waals surface area contributed by atoms with Gasteiger partial charge in [-0.15, -0.1) is 0 Å². The monoisotopic (exact) mass is 205 g/mol. The molecule has 1 aromatic carbocycles. The van der Waals surface area contributed by atoms with E-state index in [1.54, 1.807) is 0 Å². The van der Waals surface area contributed by atoms with Gasteiger partial charge in [0, 0.05) is 19.1 Å². The van der Waals surface area contributed by atoms with Crippen LogP contribution in [0.3, 0.4) is 0 Å². The summed E-state index contributed by atoms with van der Waals surface area (Å²) < 4.78 is 0. The highest BCUT2D eigenvalue weighted by Crippen LogP contribution is 2.24. The molecule has 0 saturated heterocycles. The van der Waals surface area contributed by atoms with E-state index in [9.17, 15) is 0 Å². The highest BCUT2D eigenvalue weighted by atomic mass is 15.1. The van der Waals surface area contributed by atoms with Crippen molar-refractivity contribution < 1.29 is 0 Å². The first-order valence-corrected chi connectivity index (χ1v) is 5.50. The minimum absolute atomic E-state index is 0.538. The van der Waals surface area contributed by atoms with E-state index in [-0.39, 0.29) is 0 Å². The molecular weight excluding hydrogens is 186 g/mol. The maximum Gasteiger partial charge on any atom is 0.0578 e. The summed E-state index contributed by atoms with van der Waals surface area (Å²) in [6.07, 6.45) is 1.16. The van der Waals surface area contributed by atoms with Gasteiger partial charge in [-0.25, -0.2) is 0 Å². The molecular formula is C12H19N3. The van der Waals surface area contributed by atoms with Crippen molar-refractivity contribution in [2.24, 2.45) is 0 Å². The summed E-state index contributed by atoms with van der Waals surface area (Å²) in [5.41, 5.74) is 2.45. The van der Waals surface area contributed by atoms with Crippen LogP contribution in [-0.2, 0) is 0 Å². The lowest BCUT2D eigenvalue weighted by Gasteiger charge is -2.21. The summed E-state index contributed by atoms with van der Waals surface area (Å²) >= 11 is 0. The van der Waals surface area contributed by atoms with Crippen molar-refractivity contribution in [3.63, 3.8) is 0 Å². The van der Waals surface area contributed by atoms with Gasteiger partial charge in [-0.2, -0.15) is 0 Å². The number of hydrogen-bond donors (Lipinski definition) is 2. The lowest BCUT2D eigenvalue weighted by atomic mass is 10.2. The fourth-order valence-electron chi connectivity index (χ4n) is 2.01. The van der Waals surface area contributed by atoms with E-state index in [1.807, 2.05) is 0 Å². The first-order chi connectivity index (χ1) is 7.25. The predicted molar refractivity (Wildman–Crippen MR) is 65.5 cm³/mol. The Morgan fingerprint density at radius 2 is 2.00 bits per heavy atom. The second-order valence-electron chi connectivity index (χ2n) is 4.36. The molecule has 0 aromatic heterocycles. The Balaban J connectivity index is 2.10. The van der Waals surface area contributed by atoms with Gasteiger partial charge >= 0.3 is 0 Å². The van der Waals surface area contributed by atoms with Gasteiger partial charge in [-0.3, -0.25) is 0 Å². The number of fused-ring (bicyclic) bond motifs is 1. The Bertz CT molecular complexity index is 322.